The first-order chi connectivity index (χ1) is 13.9. The molecule has 29 heavy (non-hydrogen) atoms. The number of carbonyl (C=O) groups excluding carboxylic acids is 2. The van der Waals surface area contributed by atoms with Crippen molar-refractivity contribution < 1.29 is 14.3 Å². The Labute approximate surface area is 177 Å². The van der Waals surface area contributed by atoms with Crippen molar-refractivity contribution in [1.29, 1.82) is 0 Å². The lowest BCUT2D eigenvalue weighted by Gasteiger charge is -2.59. The van der Waals surface area contributed by atoms with Crippen LogP contribution >= 0.6 is 0 Å². The topological polar surface area (TPSA) is 43.4 Å². The fourth-order valence-electron chi connectivity index (χ4n) is 7.80. The summed E-state index contributed by atoms with van der Waals surface area (Å²) >= 11 is 0. The predicted octanol–water partition coefficient (Wildman–Crippen LogP) is 6.40. The number of carbonyl (C=O) groups is 2. The number of ether oxygens (including phenoxy) is 1. The van der Waals surface area contributed by atoms with Gasteiger partial charge in [-0.25, -0.2) is 0 Å². The van der Waals surface area contributed by atoms with Crippen LogP contribution in [0.2, 0.25) is 0 Å². The van der Waals surface area contributed by atoms with Gasteiger partial charge in [-0.3, -0.25) is 9.59 Å². The third-order valence-electron chi connectivity index (χ3n) is 9.40. The molecule has 1 unspecified atom stereocenters. The number of esters is 1. The molecule has 0 aromatic rings. The number of ketones is 1. The van der Waals surface area contributed by atoms with Crippen LogP contribution in [0.5, 0.6) is 0 Å². The minimum atomic E-state index is -0.186. The monoisotopic (exact) mass is 400 g/mol. The zero-order valence-electron chi connectivity index (χ0n) is 18.8. The molecule has 0 radical (unpaired) electrons. The second kappa shape index (κ2) is 8.19. The largest absolute Gasteiger partial charge is 0.459 e. The van der Waals surface area contributed by atoms with Gasteiger partial charge in [0.2, 0.25) is 0 Å². The maximum Gasteiger partial charge on any atom is 0.306 e. The molecule has 0 bridgehead atoms. The summed E-state index contributed by atoms with van der Waals surface area (Å²) in [7, 11) is 0. The summed E-state index contributed by atoms with van der Waals surface area (Å²) in [5.41, 5.74) is 1.29. The highest BCUT2D eigenvalue weighted by molar-refractivity contribution is 5.91. The highest BCUT2D eigenvalue weighted by Crippen LogP contribution is 2.64. The molecule has 3 saturated carbocycles. The summed E-state index contributed by atoms with van der Waals surface area (Å²) in [5, 5.41) is 0. The Morgan fingerprint density at radius 1 is 1.10 bits per heavy atom. The lowest BCUT2D eigenvalue weighted by atomic mass is 9.46. The average Bonchev–Trinajstić information content (AvgIpc) is 3.10. The molecule has 4 rings (SSSR count). The zero-order chi connectivity index (χ0) is 20.6. The van der Waals surface area contributed by atoms with Crippen LogP contribution < -0.4 is 0 Å². The average molecular weight is 401 g/mol. The number of hydrogen-bond donors (Lipinski definition) is 0. The van der Waals surface area contributed by atoms with E-state index in [4.69, 9.17) is 4.74 Å². The first kappa shape index (κ1) is 21.1. The van der Waals surface area contributed by atoms with Gasteiger partial charge in [0.25, 0.3) is 0 Å². The first-order valence-corrected chi connectivity index (χ1v) is 12.3. The standard InChI is InChI=1S/C26H40O3/c1-4-5-6-7-10-24(28)29-26-14-8-9-23(26)21-12-11-19-17-20(27)16-18(2)25(19,3)22(21)13-15-26/h16,19,21-23H,4-15,17H2,1-3H3/t19?,21-,22+,23+,25+,26-/m1/s1. The highest BCUT2D eigenvalue weighted by atomic mass is 16.6. The van der Waals surface area contributed by atoms with Crippen molar-refractivity contribution in [3.05, 3.63) is 11.6 Å². The van der Waals surface area contributed by atoms with Crippen LogP contribution in [0.4, 0.5) is 0 Å². The molecule has 4 aliphatic carbocycles. The van der Waals surface area contributed by atoms with E-state index >= 15 is 0 Å². The molecule has 3 heteroatoms. The van der Waals surface area contributed by atoms with Crippen LogP contribution in [0.25, 0.3) is 0 Å². The minimum Gasteiger partial charge on any atom is -0.459 e. The first-order valence-electron chi connectivity index (χ1n) is 12.3. The van der Waals surface area contributed by atoms with Crippen molar-refractivity contribution in [2.45, 2.75) is 110 Å². The molecular formula is C26H40O3. The smallest absolute Gasteiger partial charge is 0.306 e. The van der Waals surface area contributed by atoms with Crippen molar-refractivity contribution in [1.82, 2.24) is 0 Å². The van der Waals surface area contributed by atoms with Gasteiger partial charge in [-0.05, 0) is 87.5 Å². The molecule has 0 amide bonds. The Kier molecular flexibility index (Phi) is 5.97. The van der Waals surface area contributed by atoms with Crippen molar-refractivity contribution in [2.24, 2.45) is 29.1 Å². The minimum absolute atomic E-state index is 0.0469. The SMILES string of the molecule is CCCCCCC(=O)O[C@@]12CCC[C@H]1[C@@H]1CCC3CC(=O)C=C(C)[C@]3(C)[C@H]1CC2. The number of unbranched alkanes of at least 4 members (excludes halogenated alkanes) is 3. The van der Waals surface area contributed by atoms with Gasteiger partial charge >= 0.3 is 5.97 Å². The Morgan fingerprint density at radius 2 is 1.93 bits per heavy atom. The van der Waals surface area contributed by atoms with Crippen molar-refractivity contribution in [3.63, 3.8) is 0 Å². The van der Waals surface area contributed by atoms with Gasteiger partial charge < -0.3 is 4.74 Å². The van der Waals surface area contributed by atoms with E-state index in [-0.39, 0.29) is 17.0 Å². The van der Waals surface area contributed by atoms with Crippen LogP contribution in [0, 0.1) is 29.1 Å². The molecule has 0 saturated heterocycles. The van der Waals surface area contributed by atoms with Gasteiger partial charge in [-0.1, -0.05) is 38.7 Å². The normalized spacial score (nSPS) is 41.2. The number of allylic oxidation sites excluding steroid dienone is 2. The van der Waals surface area contributed by atoms with Crippen molar-refractivity contribution >= 4 is 11.8 Å². The maximum absolute atomic E-state index is 12.7. The Morgan fingerprint density at radius 3 is 2.72 bits per heavy atom. The zero-order valence-corrected chi connectivity index (χ0v) is 18.8. The van der Waals surface area contributed by atoms with Crippen LogP contribution in [0.1, 0.15) is 104 Å². The Hall–Kier alpha value is -1.12. The van der Waals surface area contributed by atoms with E-state index in [0.717, 1.165) is 44.9 Å². The van der Waals surface area contributed by atoms with Gasteiger partial charge in [-0.15, -0.1) is 0 Å². The molecule has 4 aliphatic rings. The van der Waals surface area contributed by atoms with Crippen LogP contribution in [-0.2, 0) is 14.3 Å². The molecule has 0 aliphatic heterocycles. The molecule has 162 valence electrons. The van der Waals surface area contributed by atoms with Gasteiger partial charge in [0.15, 0.2) is 5.78 Å². The van der Waals surface area contributed by atoms with E-state index in [9.17, 15) is 9.59 Å². The van der Waals surface area contributed by atoms with E-state index < -0.39 is 0 Å². The van der Waals surface area contributed by atoms with Gasteiger partial charge in [0.05, 0.1) is 0 Å². The summed E-state index contributed by atoms with van der Waals surface area (Å²) in [6, 6.07) is 0. The van der Waals surface area contributed by atoms with Gasteiger partial charge in [0.1, 0.15) is 5.60 Å². The summed E-state index contributed by atoms with van der Waals surface area (Å²) in [6.45, 7) is 6.83. The maximum atomic E-state index is 12.7. The number of rotatable bonds is 6. The van der Waals surface area contributed by atoms with E-state index in [0.29, 0.717) is 35.9 Å². The van der Waals surface area contributed by atoms with Crippen molar-refractivity contribution in [2.75, 3.05) is 0 Å². The predicted molar refractivity (Wildman–Crippen MR) is 115 cm³/mol. The van der Waals surface area contributed by atoms with Gasteiger partial charge in [0, 0.05) is 18.8 Å². The van der Waals surface area contributed by atoms with E-state index in [1.54, 1.807) is 0 Å². The van der Waals surface area contributed by atoms with E-state index in [1.807, 2.05) is 6.08 Å². The molecule has 3 nitrogen and oxygen atoms in total. The van der Waals surface area contributed by atoms with Crippen LogP contribution in [0.15, 0.2) is 11.6 Å². The molecule has 0 spiro atoms. The molecule has 0 aromatic heterocycles. The second-order valence-electron chi connectivity index (χ2n) is 10.7. The van der Waals surface area contributed by atoms with E-state index in [2.05, 4.69) is 20.8 Å². The molecule has 0 N–H and O–H groups in total. The molecular weight excluding hydrogens is 360 g/mol. The van der Waals surface area contributed by atoms with Crippen LogP contribution in [0.3, 0.4) is 0 Å². The lowest BCUT2D eigenvalue weighted by molar-refractivity contribution is -0.182. The Bertz CT molecular complexity index is 679. The third-order valence-corrected chi connectivity index (χ3v) is 9.40. The summed E-state index contributed by atoms with van der Waals surface area (Å²) < 4.78 is 6.34. The Balaban J connectivity index is 1.49. The second-order valence-corrected chi connectivity index (χ2v) is 10.7. The third kappa shape index (κ3) is 3.61. The molecule has 3 fully saturated rings. The number of hydrogen-bond acceptors (Lipinski definition) is 3. The van der Waals surface area contributed by atoms with Crippen LogP contribution in [-0.4, -0.2) is 17.4 Å². The summed E-state index contributed by atoms with van der Waals surface area (Å²) in [6.07, 6.45) is 15.8. The van der Waals surface area contributed by atoms with Crippen molar-refractivity contribution in [3.8, 4) is 0 Å². The van der Waals surface area contributed by atoms with Gasteiger partial charge in [-0.2, -0.15) is 0 Å². The molecule has 6 atom stereocenters. The fraction of sp³-hybridized carbons (Fsp3) is 0.846. The highest BCUT2D eigenvalue weighted by Gasteiger charge is 2.61. The summed E-state index contributed by atoms with van der Waals surface area (Å²) in [5.74, 6) is 2.71. The quantitative estimate of drug-likeness (QED) is 0.383. The fourth-order valence-corrected chi connectivity index (χ4v) is 7.80. The summed E-state index contributed by atoms with van der Waals surface area (Å²) in [4.78, 5) is 24.9. The molecule has 0 heterocycles. The number of fused-ring (bicyclic) bond motifs is 5. The lowest BCUT2D eigenvalue weighted by Crippen LogP contribution is -2.56. The molecule has 0 aromatic carbocycles. The van der Waals surface area contributed by atoms with E-state index in [1.165, 1.54) is 37.7 Å².